The van der Waals surface area contributed by atoms with Crippen LogP contribution < -0.4 is 5.32 Å². The topological polar surface area (TPSA) is 15.3 Å². The second-order valence-corrected chi connectivity index (χ2v) is 5.23. The Kier molecular flexibility index (Phi) is 5.62. The molecule has 15 heavy (non-hydrogen) atoms. The summed E-state index contributed by atoms with van der Waals surface area (Å²) in [5.74, 6) is 1.68. The molecule has 1 fully saturated rings. The molecule has 2 nitrogen and oxygen atoms in total. The molecule has 1 saturated heterocycles. The first kappa shape index (κ1) is 13.0. The van der Waals surface area contributed by atoms with Gasteiger partial charge in [0.1, 0.15) is 0 Å². The van der Waals surface area contributed by atoms with Gasteiger partial charge >= 0.3 is 0 Å². The highest BCUT2D eigenvalue weighted by Gasteiger charge is 2.23. The van der Waals surface area contributed by atoms with Crippen LogP contribution in [0.2, 0.25) is 0 Å². The highest BCUT2D eigenvalue weighted by Crippen LogP contribution is 2.16. The van der Waals surface area contributed by atoms with Crippen LogP contribution in [0.5, 0.6) is 0 Å². The maximum Gasteiger partial charge on any atom is 0.0117 e. The third kappa shape index (κ3) is 4.12. The zero-order valence-corrected chi connectivity index (χ0v) is 10.9. The largest absolute Gasteiger partial charge is 0.313 e. The highest BCUT2D eigenvalue weighted by molar-refractivity contribution is 4.81. The minimum absolute atomic E-state index is 0.752. The number of piperidine rings is 1. The van der Waals surface area contributed by atoms with Gasteiger partial charge in [0.05, 0.1) is 0 Å². The Morgan fingerprint density at radius 3 is 2.53 bits per heavy atom. The quantitative estimate of drug-likeness (QED) is 0.752. The van der Waals surface area contributed by atoms with Crippen LogP contribution in [0.1, 0.15) is 40.0 Å². The van der Waals surface area contributed by atoms with E-state index in [1.807, 2.05) is 0 Å². The van der Waals surface area contributed by atoms with Crippen LogP contribution in [0.25, 0.3) is 0 Å². The van der Waals surface area contributed by atoms with Crippen molar-refractivity contribution in [1.29, 1.82) is 0 Å². The molecule has 0 saturated carbocycles. The lowest BCUT2D eigenvalue weighted by molar-refractivity contribution is 0.170. The summed E-state index contributed by atoms with van der Waals surface area (Å²) < 4.78 is 0. The monoisotopic (exact) mass is 212 g/mol. The Morgan fingerprint density at radius 1 is 1.33 bits per heavy atom. The Balaban J connectivity index is 2.26. The number of hydrogen-bond acceptors (Lipinski definition) is 2. The van der Waals surface area contributed by atoms with Crippen molar-refractivity contribution in [2.45, 2.75) is 46.1 Å². The van der Waals surface area contributed by atoms with E-state index in [0.29, 0.717) is 0 Å². The van der Waals surface area contributed by atoms with Crippen LogP contribution in [0, 0.1) is 11.8 Å². The van der Waals surface area contributed by atoms with Crippen molar-refractivity contribution in [1.82, 2.24) is 10.2 Å². The zero-order chi connectivity index (χ0) is 11.3. The molecule has 1 aliphatic heterocycles. The lowest BCUT2D eigenvalue weighted by Crippen LogP contribution is -2.48. The maximum absolute atomic E-state index is 3.77. The Morgan fingerprint density at radius 2 is 2.00 bits per heavy atom. The van der Waals surface area contributed by atoms with E-state index in [9.17, 15) is 0 Å². The van der Waals surface area contributed by atoms with E-state index in [1.54, 1.807) is 0 Å². The van der Waals surface area contributed by atoms with E-state index >= 15 is 0 Å². The van der Waals surface area contributed by atoms with Crippen molar-refractivity contribution >= 4 is 0 Å². The lowest BCUT2D eigenvalue weighted by Gasteiger charge is -2.36. The molecule has 1 heterocycles. The third-order valence-electron chi connectivity index (χ3n) is 3.93. The van der Waals surface area contributed by atoms with Crippen LogP contribution in [0.15, 0.2) is 0 Å². The molecular weight excluding hydrogens is 184 g/mol. The van der Waals surface area contributed by atoms with Crippen molar-refractivity contribution < 1.29 is 0 Å². The van der Waals surface area contributed by atoms with Crippen LogP contribution in [-0.2, 0) is 0 Å². The fourth-order valence-electron chi connectivity index (χ4n) is 2.55. The Labute approximate surface area is 95.4 Å². The molecule has 1 N–H and O–H groups in total. The van der Waals surface area contributed by atoms with E-state index in [4.69, 9.17) is 0 Å². The molecule has 0 amide bonds. The van der Waals surface area contributed by atoms with Gasteiger partial charge in [-0.15, -0.1) is 0 Å². The minimum atomic E-state index is 0.752. The maximum atomic E-state index is 3.77. The lowest BCUT2D eigenvalue weighted by atomic mass is 9.93. The summed E-state index contributed by atoms with van der Waals surface area (Å²) in [6.45, 7) is 10.7. The van der Waals surface area contributed by atoms with Crippen LogP contribution in [0.3, 0.4) is 0 Å². The molecule has 0 spiro atoms. The smallest absolute Gasteiger partial charge is 0.0117 e. The van der Waals surface area contributed by atoms with Crippen molar-refractivity contribution in [3.63, 3.8) is 0 Å². The number of rotatable bonds is 5. The zero-order valence-electron chi connectivity index (χ0n) is 10.9. The van der Waals surface area contributed by atoms with Crippen molar-refractivity contribution in [3.8, 4) is 0 Å². The average Bonchev–Trinajstić information content (AvgIpc) is 2.22. The summed E-state index contributed by atoms with van der Waals surface area (Å²) >= 11 is 0. The summed E-state index contributed by atoms with van der Waals surface area (Å²) in [7, 11) is 2.23. The molecule has 90 valence electrons. The minimum Gasteiger partial charge on any atom is -0.313 e. The van der Waals surface area contributed by atoms with Gasteiger partial charge in [-0.3, -0.25) is 0 Å². The first-order valence-electron chi connectivity index (χ1n) is 6.59. The second kappa shape index (κ2) is 6.49. The number of nitrogens with zero attached hydrogens (tertiary/aromatic N) is 1. The van der Waals surface area contributed by atoms with E-state index in [-0.39, 0.29) is 0 Å². The second-order valence-electron chi connectivity index (χ2n) is 5.23. The van der Waals surface area contributed by atoms with E-state index in [1.165, 1.54) is 38.9 Å². The molecule has 0 aromatic rings. The molecule has 2 unspecified atom stereocenters. The van der Waals surface area contributed by atoms with Gasteiger partial charge in [0.15, 0.2) is 0 Å². The van der Waals surface area contributed by atoms with Gasteiger partial charge in [-0.1, -0.05) is 33.6 Å². The molecule has 0 radical (unpaired) electrons. The summed E-state index contributed by atoms with van der Waals surface area (Å²) in [4.78, 5) is 2.44. The Bertz CT molecular complexity index is 166. The summed E-state index contributed by atoms with van der Waals surface area (Å²) in [6, 6.07) is 0.752. The average molecular weight is 212 g/mol. The highest BCUT2D eigenvalue weighted by atomic mass is 15.1. The van der Waals surface area contributed by atoms with Crippen LogP contribution in [0.4, 0.5) is 0 Å². The predicted molar refractivity (Wildman–Crippen MR) is 67.1 cm³/mol. The molecule has 0 bridgehead atoms. The van der Waals surface area contributed by atoms with Gasteiger partial charge in [-0.25, -0.2) is 0 Å². The fourth-order valence-corrected chi connectivity index (χ4v) is 2.55. The van der Waals surface area contributed by atoms with Gasteiger partial charge in [0, 0.05) is 12.6 Å². The van der Waals surface area contributed by atoms with Crippen molar-refractivity contribution in [3.05, 3.63) is 0 Å². The molecule has 0 aromatic carbocycles. The van der Waals surface area contributed by atoms with E-state index in [0.717, 1.165) is 17.9 Å². The molecule has 0 aromatic heterocycles. The molecule has 1 rings (SSSR count). The molecule has 0 aliphatic carbocycles. The van der Waals surface area contributed by atoms with E-state index in [2.05, 4.69) is 38.0 Å². The standard InChI is InChI=1S/C13H28N2/c1-5-12(6-2)9-14-13-7-8-15(4)10-11(13)3/h11-14H,5-10H2,1-4H3. The summed E-state index contributed by atoms with van der Waals surface area (Å²) in [5, 5.41) is 3.77. The SMILES string of the molecule is CCC(CC)CNC1CCN(C)CC1C. The van der Waals surface area contributed by atoms with Gasteiger partial charge in [-0.05, 0) is 38.4 Å². The van der Waals surface area contributed by atoms with Gasteiger partial charge in [0.25, 0.3) is 0 Å². The van der Waals surface area contributed by atoms with Gasteiger partial charge in [-0.2, -0.15) is 0 Å². The van der Waals surface area contributed by atoms with Gasteiger partial charge < -0.3 is 10.2 Å². The van der Waals surface area contributed by atoms with Gasteiger partial charge in [0.2, 0.25) is 0 Å². The summed E-state index contributed by atoms with van der Waals surface area (Å²) in [6.07, 6.45) is 3.94. The number of hydrogen-bond donors (Lipinski definition) is 1. The first-order chi connectivity index (χ1) is 7.17. The molecule has 2 heteroatoms. The Hall–Kier alpha value is -0.0800. The molecule has 1 aliphatic rings. The summed E-state index contributed by atoms with van der Waals surface area (Å²) in [5.41, 5.74) is 0. The van der Waals surface area contributed by atoms with Crippen LogP contribution in [-0.4, -0.2) is 37.6 Å². The third-order valence-corrected chi connectivity index (χ3v) is 3.93. The number of nitrogens with one attached hydrogen (secondary N) is 1. The van der Waals surface area contributed by atoms with Crippen molar-refractivity contribution in [2.75, 3.05) is 26.7 Å². The fraction of sp³-hybridized carbons (Fsp3) is 1.00. The molecule has 2 atom stereocenters. The predicted octanol–water partition coefficient (Wildman–Crippen LogP) is 2.35. The van der Waals surface area contributed by atoms with E-state index < -0.39 is 0 Å². The number of likely N-dealkylation sites (tertiary alicyclic amines) is 1. The normalized spacial score (nSPS) is 28.6. The molecular formula is C13H28N2. The van der Waals surface area contributed by atoms with Crippen LogP contribution >= 0.6 is 0 Å². The first-order valence-corrected chi connectivity index (χ1v) is 6.59. The van der Waals surface area contributed by atoms with Crippen molar-refractivity contribution in [2.24, 2.45) is 11.8 Å².